The zero-order chi connectivity index (χ0) is 19.7. The van der Waals surface area contributed by atoms with E-state index >= 15 is 0 Å². The third-order valence-electron chi connectivity index (χ3n) is 5.14. The Kier molecular flexibility index (Phi) is 4.88. The number of likely N-dealkylation sites (tertiary alicyclic amines) is 1. The number of anilines is 1. The van der Waals surface area contributed by atoms with Crippen LogP contribution in [0, 0.1) is 0 Å². The van der Waals surface area contributed by atoms with Gasteiger partial charge in [0.05, 0.1) is 0 Å². The first-order valence-electron chi connectivity index (χ1n) is 9.44. The molecule has 0 spiro atoms. The van der Waals surface area contributed by atoms with Crippen molar-refractivity contribution in [3.63, 3.8) is 0 Å². The van der Waals surface area contributed by atoms with Crippen molar-refractivity contribution in [1.82, 2.24) is 14.8 Å². The molecule has 1 unspecified atom stereocenters. The summed E-state index contributed by atoms with van der Waals surface area (Å²) in [4.78, 5) is 32.6. The average Bonchev–Trinajstić information content (AvgIpc) is 3.08. The lowest BCUT2D eigenvalue weighted by Crippen LogP contribution is -2.56. The predicted octanol–water partition coefficient (Wildman–Crippen LogP) is 3.08. The molecule has 2 amide bonds. The number of nitrogens with zero attached hydrogens (tertiary/aromatic N) is 2. The molecule has 6 heteroatoms. The monoisotopic (exact) mass is 376 g/mol. The Bertz CT molecular complexity index is 1020. The fraction of sp³-hybridized carbons (Fsp3) is 0.273. The van der Waals surface area contributed by atoms with Crippen LogP contribution in [0.5, 0.6) is 0 Å². The number of hydrogen-bond acceptors (Lipinski definition) is 3. The summed E-state index contributed by atoms with van der Waals surface area (Å²) in [6.45, 7) is 1.29. The van der Waals surface area contributed by atoms with Crippen LogP contribution < -0.4 is 5.32 Å². The number of amides is 2. The number of aromatic amines is 1. The molecule has 1 aromatic heterocycles. The molecule has 1 saturated heterocycles. The van der Waals surface area contributed by atoms with E-state index in [1.54, 1.807) is 4.90 Å². The van der Waals surface area contributed by atoms with E-state index in [0.29, 0.717) is 25.1 Å². The largest absolute Gasteiger partial charge is 0.361 e. The summed E-state index contributed by atoms with van der Waals surface area (Å²) >= 11 is 0. The standard InChI is InChI=1S/C22H24N4O2/c1-25(2)14-16-5-3-4-6-18(16)22(28)26-12-10-20(26)21(27)24-17-7-8-19-15(13-17)9-11-23-19/h3-9,11,13,20,23H,10,12,14H2,1-2H3,(H,24,27). The number of nitrogens with one attached hydrogen (secondary N) is 2. The SMILES string of the molecule is CN(C)Cc1ccccc1C(=O)N1CCC1C(=O)Nc1ccc2[nH]ccc2c1. The van der Waals surface area contributed by atoms with Crippen LogP contribution in [0.2, 0.25) is 0 Å². The van der Waals surface area contributed by atoms with Gasteiger partial charge in [0.2, 0.25) is 5.91 Å². The summed E-state index contributed by atoms with van der Waals surface area (Å²) in [5.41, 5.74) is 3.41. The molecule has 0 radical (unpaired) electrons. The van der Waals surface area contributed by atoms with Crippen LogP contribution >= 0.6 is 0 Å². The smallest absolute Gasteiger partial charge is 0.254 e. The van der Waals surface area contributed by atoms with Crippen molar-refractivity contribution in [2.24, 2.45) is 0 Å². The number of benzene rings is 2. The molecular formula is C22H24N4O2. The molecule has 1 aliphatic heterocycles. The Morgan fingerprint density at radius 2 is 2.00 bits per heavy atom. The first-order valence-corrected chi connectivity index (χ1v) is 9.44. The van der Waals surface area contributed by atoms with Gasteiger partial charge >= 0.3 is 0 Å². The van der Waals surface area contributed by atoms with Gasteiger partial charge in [0, 0.05) is 41.4 Å². The van der Waals surface area contributed by atoms with E-state index < -0.39 is 6.04 Å². The van der Waals surface area contributed by atoms with Crippen molar-refractivity contribution < 1.29 is 9.59 Å². The van der Waals surface area contributed by atoms with Gasteiger partial charge in [0.15, 0.2) is 0 Å². The molecule has 0 bridgehead atoms. The second-order valence-corrected chi connectivity index (χ2v) is 7.47. The normalized spacial score (nSPS) is 16.2. The van der Waals surface area contributed by atoms with Crippen LogP contribution in [-0.4, -0.2) is 53.3 Å². The van der Waals surface area contributed by atoms with Crippen LogP contribution in [0.15, 0.2) is 54.7 Å². The summed E-state index contributed by atoms with van der Waals surface area (Å²) < 4.78 is 0. The molecule has 144 valence electrons. The third-order valence-corrected chi connectivity index (χ3v) is 5.14. The molecule has 4 rings (SSSR count). The minimum Gasteiger partial charge on any atom is -0.361 e. The highest BCUT2D eigenvalue weighted by Gasteiger charge is 2.38. The molecule has 2 heterocycles. The summed E-state index contributed by atoms with van der Waals surface area (Å²) in [5.74, 6) is -0.218. The van der Waals surface area contributed by atoms with Gasteiger partial charge in [-0.1, -0.05) is 18.2 Å². The summed E-state index contributed by atoms with van der Waals surface area (Å²) in [6.07, 6.45) is 2.55. The Morgan fingerprint density at radius 1 is 1.18 bits per heavy atom. The van der Waals surface area contributed by atoms with Gasteiger partial charge in [0.25, 0.3) is 5.91 Å². The number of aromatic nitrogens is 1. The van der Waals surface area contributed by atoms with E-state index in [4.69, 9.17) is 0 Å². The zero-order valence-electron chi connectivity index (χ0n) is 16.1. The van der Waals surface area contributed by atoms with E-state index in [-0.39, 0.29) is 11.8 Å². The van der Waals surface area contributed by atoms with Gasteiger partial charge in [-0.2, -0.15) is 0 Å². The van der Waals surface area contributed by atoms with Gasteiger partial charge in [-0.25, -0.2) is 0 Å². The van der Waals surface area contributed by atoms with Crippen LogP contribution in [0.25, 0.3) is 10.9 Å². The van der Waals surface area contributed by atoms with Crippen molar-refractivity contribution in [2.45, 2.75) is 19.0 Å². The van der Waals surface area contributed by atoms with E-state index in [1.807, 2.05) is 73.7 Å². The predicted molar refractivity (Wildman–Crippen MR) is 110 cm³/mol. The van der Waals surface area contributed by atoms with Crippen molar-refractivity contribution >= 4 is 28.4 Å². The molecule has 6 nitrogen and oxygen atoms in total. The molecule has 3 aromatic rings. The maximum atomic E-state index is 13.1. The number of fused-ring (bicyclic) bond motifs is 1. The number of H-pyrrole nitrogens is 1. The summed E-state index contributed by atoms with van der Waals surface area (Å²) in [6, 6.07) is 14.9. The Hall–Kier alpha value is -3.12. The number of carbonyl (C=O) groups excluding carboxylic acids is 2. The first kappa shape index (κ1) is 18.3. The van der Waals surface area contributed by atoms with Crippen LogP contribution in [0.4, 0.5) is 5.69 Å². The fourth-order valence-electron chi connectivity index (χ4n) is 3.62. The molecule has 1 aliphatic rings. The Morgan fingerprint density at radius 3 is 2.75 bits per heavy atom. The van der Waals surface area contributed by atoms with E-state index in [9.17, 15) is 9.59 Å². The quantitative estimate of drug-likeness (QED) is 0.719. The second-order valence-electron chi connectivity index (χ2n) is 7.47. The van der Waals surface area contributed by atoms with Crippen LogP contribution in [0.1, 0.15) is 22.3 Å². The maximum absolute atomic E-state index is 13.1. The van der Waals surface area contributed by atoms with Gasteiger partial charge in [-0.3, -0.25) is 9.59 Å². The molecule has 0 aliphatic carbocycles. The van der Waals surface area contributed by atoms with Crippen molar-refractivity contribution in [2.75, 3.05) is 26.0 Å². The maximum Gasteiger partial charge on any atom is 0.254 e. The summed E-state index contributed by atoms with van der Waals surface area (Å²) in [5, 5.41) is 3.99. The fourth-order valence-corrected chi connectivity index (χ4v) is 3.62. The minimum absolute atomic E-state index is 0.0788. The molecule has 2 N–H and O–H groups in total. The third kappa shape index (κ3) is 3.51. The van der Waals surface area contributed by atoms with Crippen LogP contribution in [-0.2, 0) is 11.3 Å². The minimum atomic E-state index is -0.429. The van der Waals surface area contributed by atoms with Crippen molar-refractivity contribution in [3.8, 4) is 0 Å². The summed E-state index contributed by atoms with van der Waals surface area (Å²) in [7, 11) is 3.95. The lowest BCUT2D eigenvalue weighted by molar-refractivity contribution is -0.123. The van der Waals surface area contributed by atoms with Gasteiger partial charge in [0.1, 0.15) is 6.04 Å². The molecule has 1 fully saturated rings. The van der Waals surface area contributed by atoms with Gasteiger partial charge < -0.3 is 20.1 Å². The zero-order valence-corrected chi connectivity index (χ0v) is 16.1. The van der Waals surface area contributed by atoms with E-state index in [0.717, 1.165) is 22.2 Å². The Balaban J connectivity index is 1.48. The average molecular weight is 376 g/mol. The van der Waals surface area contributed by atoms with Gasteiger partial charge in [-0.15, -0.1) is 0 Å². The van der Waals surface area contributed by atoms with Crippen molar-refractivity contribution in [3.05, 3.63) is 65.9 Å². The van der Waals surface area contributed by atoms with E-state index in [2.05, 4.69) is 10.3 Å². The van der Waals surface area contributed by atoms with Crippen molar-refractivity contribution in [1.29, 1.82) is 0 Å². The molecule has 2 aromatic carbocycles. The molecule has 1 atom stereocenters. The first-order chi connectivity index (χ1) is 13.5. The van der Waals surface area contributed by atoms with Gasteiger partial charge in [-0.05, 0) is 56.4 Å². The number of rotatable bonds is 5. The number of hydrogen-bond donors (Lipinski definition) is 2. The highest BCUT2D eigenvalue weighted by atomic mass is 16.2. The molecular weight excluding hydrogens is 352 g/mol. The lowest BCUT2D eigenvalue weighted by atomic mass is 9.98. The number of carbonyl (C=O) groups is 2. The highest BCUT2D eigenvalue weighted by Crippen LogP contribution is 2.25. The second kappa shape index (κ2) is 7.48. The molecule has 0 saturated carbocycles. The lowest BCUT2D eigenvalue weighted by Gasteiger charge is -2.40. The van der Waals surface area contributed by atoms with Crippen LogP contribution in [0.3, 0.4) is 0 Å². The van der Waals surface area contributed by atoms with E-state index in [1.165, 1.54) is 0 Å². The Labute approximate surface area is 164 Å². The highest BCUT2D eigenvalue weighted by molar-refractivity contribution is 6.03. The topological polar surface area (TPSA) is 68.4 Å². The molecule has 28 heavy (non-hydrogen) atoms.